The Labute approximate surface area is 132 Å². The molecule has 0 aromatic heterocycles. The van der Waals surface area contributed by atoms with Crippen LogP contribution in [0, 0.1) is 0 Å². The standard InChI is InChI=1S/C14H14N2O4.BrH/c17-13(18)9-15-5-1-11(2-6-15)12-3-7-16(8-4-12)10-14(19)20;/h1-8H,9-10H2,(H,17,18)(H,19,20);1H. The summed E-state index contributed by atoms with van der Waals surface area (Å²) in [6.07, 6.45) is 14.1. The second-order valence-electron chi connectivity index (χ2n) is 4.31. The van der Waals surface area contributed by atoms with Crippen LogP contribution in [-0.4, -0.2) is 45.0 Å². The average molecular weight is 355 g/mol. The normalized spacial score (nSPS) is 16.2. The zero-order valence-corrected chi connectivity index (χ0v) is 12.8. The van der Waals surface area contributed by atoms with Gasteiger partial charge in [0.2, 0.25) is 0 Å². The summed E-state index contributed by atoms with van der Waals surface area (Å²) in [7, 11) is 0. The van der Waals surface area contributed by atoms with E-state index in [2.05, 4.69) is 0 Å². The lowest BCUT2D eigenvalue weighted by Gasteiger charge is -2.19. The van der Waals surface area contributed by atoms with Gasteiger partial charge in [-0.25, -0.2) is 0 Å². The lowest BCUT2D eigenvalue weighted by atomic mass is 10.0. The smallest absolute Gasteiger partial charge is 0.323 e. The van der Waals surface area contributed by atoms with Crippen LogP contribution in [0.2, 0.25) is 0 Å². The van der Waals surface area contributed by atoms with E-state index in [0.29, 0.717) is 0 Å². The molecule has 0 amide bonds. The lowest BCUT2D eigenvalue weighted by Crippen LogP contribution is -2.21. The highest BCUT2D eigenvalue weighted by Gasteiger charge is 2.09. The molecule has 112 valence electrons. The Morgan fingerprint density at radius 3 is 1.29 bits per heavy atom. The Bertz CT molecular complexity index is 494. The minimum Gasteiger partial charge on any atom is -0.480 e. The maximum Gasteiger partial charge on any atom is 0.323 e. The quantitative estimate of drug-likeness (QED) is 0.799. The molecule has 0 bridgehead atoms. The number of carboxylic acid groups (broad SMARTS) is 2. The molecule has 2 aliphatic heterocycles. The Kier molecular flexibility index (Phi) is 5.98. The van der Waals surface area contributed by atoms with Crippen molar-refractivity contribution in [2.24, 2.45) is 0 Å². The van der Waals surface area contributed by atoms with Gasteiger partial charge in [-0.05, 0) is 35.5 Å². The molecule has 2 heterocycles. The molecule has 0 saturated carbocycles. The monoisotopic (exact) mass is 354 g/mol. The lowest BCUT2D eigenvalue weighted by molar-refractivity contribution is -0.138. The van der Waals surface area contributed by atoms with Crippen molar-refractivity contribution in [1.29, 1.82) is 0 Å². The molecule has 0 saturated heterocycles. The van der Waals surface area contributed by atoms with Crippen LogP contribution in [0.15, 0.2) is 60.3 Å². The first-order valence-electron chi connectivity index (χ1n) is 5.97. The van der Waals surface area contributed by atoms with Crippen molar-refractivity contribution in [3.63, 3.8) is 0 Å². The van der Waals surface area contributed by atoms with E-state index in [1.807, 2.05) is 24.3 Å². The first-order valence-corrected chi connectivity index (χ1v) is 5.97. The van der Waals surface area contributed by atoms with Crippen molar-refractivity contribution >= 4 is 28.9 Å². The van der Waals surface area contributed by atoms with Crippen LogP contribution in [0.3, 0.4) is 0 Å². The van der Waals surface area contributed by atoms with Gasteiger partial charge in [0, 0.05) is 24.8 Å². The van der Waals surface area contributed by atoms with Crippen LogP contribution in [0.25, 0.3) is 0 Å². The van der Waals surface area contributed by atoms with Crippen LogP contribution in [0.5, 0.6) is 0 Å². The van der Waals surface area contributed by atoms with E-state index in [-0.39, 0.29) is 30.1 Å². The second kappa shape index (κ2) is 7.49. The number of allylic oxidation sites excluding steroid dienone is 6. The number of rotatable bonds is 4. The van der Waals surface area contributed by atoms with Crippen LogP contribution < -0.4 is 0 Å². The highest BCUT2D eigenvalue weighted by Crippen LogP contribution is 2.19. The maximum absolute atomic E-state index is 10.6. The third-order valence-electron chi connectivity index (χ3n) is 2.75. The zero-order valence-electron chi connectivity index (χ0n) is 11.0. The number of carbonyl (C=O) groups is 2. The highest BCUT2D eigenvalue weighted by atomic mass is 79.9. The molecule has 0 aromatic rings. The minimum absolute atomic E-state index is 0. The predicted octanol–water partition coefficient (Wildman–Crippen LogP) is 1.72. The summed E-state index contributed by atoms with van der Waals surface area (Å²) in [5.41, 5.74) is 1.88. The summed E-state index contributed by atoms with van der Waals surface area (Å²) in [5, 5.41) is 17.4. The van der Waals surface area contributed by atoms with E-state index in [1.165, 1.54) is 0 Å². The predicted molar refractivity (Wildman–Crippen MR) is 82.6 cm³/mol. The van der Waals surface area contributed by atoms with Gasteiger partial charge >= 0.3 is 11.9 Å². The molecular weight excluding hydrogens is 340 g/mol. The molecule has 0 atom stereocenters. The zero-order chi connectivity index (χ0) is 14.5. The second-order valence-corrected chi connectivity index (χ2v) is 4.31. The Balaban J connectivity index is 0.00000220. The summed E-state index contributed by atoms with van der Waals surface area (Å²) in [6, 6.07) is 0. The highest BCUT2D eigenvalue weighted by molar-refractivity contribution is 8.93. The summed E-state index contributed by atoms with van der Waals surface area (Å²) in [5.74, 6) is -1.78. The number of hydrogen-bond acceptors (Lipinski definition) is 4. The van der Waals surface area contributed by atoms with E-state index < -0.39 is 11.9 Å². The maximum atomic E-state index is 10.6. The third kappa shape index (κ3) is 4.96. The van der Waals surface area contributed by atoms with Crippen molar-refractivity contribution in [3.8, 4) is 0 Å². The first-order chi connectivity index (χ1) is 9.54. The van der Waals surface area contributed by atoms with Crippen molar-refractivity contribution in [2.45, 2.75) is 0 Å². The van der Waals surface area contributed by atoms with Crippen molar-refractivity contribution in [3.05, 3.63) is 60.3 Å². The van der Waals surface area contributed by atoms with Gasteiger partial charge in [-0.15, -0.1) is 17.0 Å². The van der Waals surface area contributed by atoms with E-state index in [1.54, 1.807) is 34.6 Å². The molecule has 2 aliphatic rings. The first kappa shape index (κ1) is 16.8. The molecule has 2 rings (SSSR count). The molecular formula is C14H15BrN2O4. The molecule has 0 aliphatic carbocycles. The number of halogens is 1. The number of hydrogen-bond donors (Lipinski definition) is 2. The number of nitrogens with zero attached hydrogens (tertiary/aromatic N) is 2. The van der Waals surface area contributed by atoms with Crippen molar-refractivity contribution in [2.75, 3.05) is 13.1 Å². The summed E-state index contributed by atoms with van der Waals surface area (Å²) >= 11 is 0. The summed E-state index contributed by atoms with van der Waals surface area (Å²) in [4.78, 5) is 24.3. The van der Waals surface area contributed by atoms with E-state index in [4.69, 9.17) is 10.2 Å². The summed E-state index contributed by atoms with van der Waals surface area (Å²) < 4.78 is 0. The van der Waals surface area contributed by atoms with Gasteiger partial charge in [-0.1, -0.05) is 0 Å². The number of carboxylic acids is 2. The SMILES string of the molecule is Br.O=C(O)CN1C=CC(=C2C=CN(CC(=O)O)C=C2)C=C1. The number of aliphatic carboxylic acids is 2. The van der Waals surface area contributed by atoms with Gasteiger partial charge in [0.1, 0.15) is 13.1 Å². The third-order valence-corrected chi connectivity index (χ3v) is 2.75. The molecule has 2 N–H and O–H groups in total. The molecule has 0 radical (unpaired) electrons. The van der Waals surface area contributed by atoms with Crippen LogP contribution >= 0.6 is 17.0 Å². The van der Waals surface area contributed by atoms with Gasteiger partial charge < -0.3 is 20.0 Å². The Morgan fingerprint density at radius 1 is 0.762 bits per heavy atom. The van der Waals surface area contributed by atoms with Gasteiger partial charge in [-0.2, -0.15) is 0 Å². The molecule has 0 fully saturated rings. The van der Waals surface area contributed by atoms with E-state index in [0.717, 1.165) is 11.1 Å². The molecule has 6 nitrogen and oxygen atoms in total. The minimum atomic E-state index is -0.892. The van der Waals surface area contributed by atoms with Crippen molar-refractivity contribution in [1.82, 2.24) is 9.80 Å². The Morgan fingerprint density at radius 2 is 1.05 bits per heavy atom. The van der Waals surface area contributed by atoms with Crippen LogP contribution in [0.1, 0.15) is 0 Å². The van der Waals surface area contributed by atoms with Gasteiger partial charge in [0.05, 0.1) is 0 Å². The Hall–Kier alpha value is -2.28. The van der Waals surface area contributed by atoms with Gasteiger partial charge in [0.25, 0.3) is 0 Å². The molecule has 0 aromatic carbocycles. The fourth-order valence-electron chi connectivity index (χ4n) is 1.82. The fraction of sp³-hybridized carbons (Fsp3) is 0.143. The molecule has 0 spiro atoms. The molecule has 7 heteroatoms. The van der Waals surface area contributed by atoms with Crippen molar-refractivity contribution < 1.29 is 19.8 Å². The van der Waals surface area contributed by atoms with Gasteiger partial charge in [0.15, 0.2) is 0 Å². The van der Waals surface area contributed by atoms with E-state index in [9.17, 15) is 9.59 Å². The van der Waals surface area contributed by atoms with Crippen LogP contribution in [-0.2, 0) is 9.59 Å². The van der Waals surface area contributed by atoms with Crippen LogP contribution in [0.4, 0.5) is 0 Å². The summed E-state index contributed by atoms with van der Waals surface area (Å²) in [6.45, 7) is -0.151. The molecule has 0 unspecified atom stereocenters. The largest absolute Gasteiger partial charge is 0.480 e. The fourth-order valence-corrected chi connectivity index (χ4v) is 1.82. The van der Waals surface area contributed by atoms with Gasteiger partial charge in [-0.3, -0.25) is 9.59 Å². The molecule has 21 heavy (non-hydrogen) atoms. The van der Waals surface area contributed by atoms with E-state index >= 15 is 0 Å². The topological polar surface area (TPSA) is 81.1 Å². The average Bonchev–Trinajstić information content (AvgIpc) is 2.39.